The first-order chi connectivity index (χ1) is 8.92. The molecule has 0 spiro atoms. The Balaban J connectivity index is 3.41. The first-order valence-corrected chi connectivity index (χ1v) is 5.19. The highest BCUT2D eigenvalue weighted by molar-refractivity contribution is 6.01. The maximum Gasteiger partial charge on any atom is 0.326 e. The van der Waals surface area contributed by atoms with Crippen molar-refractivity contribution < 1.29 is 24.0 Å². The molecule has 0 aromatic carbocycles. The van der Waals surface area contributed by atoms with Gasteiger partial charge in [-0.15, -0.1) is 0 Å². The normalized spacial score (nSPS) is 10.1. The molecule has 102 valence electrons. The standard InChI is InChI=1S/C11H12N2O6/c1-6-4-7(13(16)17)9(12-5-6)8(10(14)18-2)11(15)19-3/h4-5,8H,1-3H3. The molecule has 19 heavy (non-hydrogen) atoms. The molecule has 0 fully saturated rings. The molecule has 1 aromatic rings. The summed E-state index contributed by atoms with van der Waals surface area (Å²) in [6.45, 7) is 1.61. The molecule has 8 heteroatoms. The van der Waals surface area contributed by atoms with Crippen LogP contribution in [0.3, 0.4) is 0 Å². The SMILES string of the molecule is COC(=O)C(C(=O)OC)c1ncc(C)cc1[N+](=O)[O-]. The quantitative estimate of drug-likeness (QED) is 0.342. The number of carbonyl (C=O) groups is 2. The van der Waals surface area contributed by atoms with E-state index in [-0.39, 0.29) is 5.69 Å². The second kappa shape index (κ2) is 5.89. The summed E-state index contributed by atoms with van der Waals surface area (Å²) in [6, 6.07) is 1.22. The maximum atomic E-state index is 11.6. The number of rotatable bonds is 4. The lowest BCUT2D eigenvalue weighted by molar-refractivity contribution is -0.386. The molecule has 0 bridgehead atoms. The molecule has 1 rings (SSSR count). The van der Waals surface area contributed by atoms with Gasteiger partial charge in [-0.3, -0.25) is 24.7 Å². The molecule has 0 saturated carbocycles. The number of aromatic nitrogens is 1. The summed E-state index contributed by atoms with van der Waals surface area (Å²) < 4.78 is 8.90. The molecule has 8 nitrogen and oxygen atoms in total. The molecule has 1 heterocycles. The first-order valence-electron chi connectivity index (χ1n) is 5.19. The Morgan fingerprint density at radius 2 is 1.84 bits per heavy atom. The van der Waals surface area contributed by atoms with Gasteiger partial charge in [0.2, 0.25) is 5.92 Å². The Hall–Kier alpha value is -2.51. The summed E-state index contributed by atoms with van der Waals surface area (Å²) in [6.07, 6.45) is 1.32. The van der Waals surface area contributed by atoms with Gasteiger partial charge >= 0.3 is 11.9 Å². The Kier molecular flexibility index (Phi) is 4.51. The van der Waals surface area contributed by atoms with Gasteiger partial charge in [0.05, 0.1) is 19.1 Å². The van der Waals surface area contributed by atoms with Gasteiger partial charge in [-0.05, 0) is 12.5 Å². The number of nitrogens with zero attached hydrogens (tertiary/aromatic N) is 2. The van der Waals surface area contributed by atoms with Crippen molar-refractivity contribution in [2.45, 2.75) is 12.8 Å². The summed E-state index contributed by atoms with van der Waals surface area (Å²) in [5.41, 5.74) is -0.195. The van der Waals surface area contributed by atoms with Gasteiger partial charge < -0.3 is 9.47 Å². The zero-order chi connectivity index (χ0) is 14.6. The number of esters is 2. The van der Waals surface area contributed by atoms with Crippen molar-refractivity contribution in [3.05, 3.63) is 33.6 Å². The average molecular weight is 268 g/mol. The number of carbonyl (C=O) groups excluding carboxylic acids is 2. The van der Waals surface area contributed by atoms with Gasteiger partial charge in [0.15, 0.2) is 0 Å². The van der Waals surface area contributed by atoms with Crippen LogP contribution in [0.1, 0.15) is 17.2 Å². The van der Waals surface area contributed by atoms with Crippen LogP contribution in [-0.2, 0) is 19.1 Å². The predicted octanol–water partition coefficient (Wildman–Crippen LogP) is 0.728. The van der Waals surface area contributed by atoms with Crippen molar-refractivity contribution in [2.75, 3.05) is 14.2 Å². The molecule has 0 saturated heterocycles. The third kappa shape index (κ3) is 3.03. The average Bonchev–Trinajstić information content (AvgIpc) is 2.39. The van der Waals surface area contributed by atoms with Crippen LogP contribution >= 0.6 is 0 Å². The van der Waals surface area contributed by atoms with E-state index in [1.165, 1.54) is 12.3 Å². The zero-order valence-electron chi connectivity index (χ0n) is 10.6. The number of methoxy groups -OCH3 is 2. The summed E-state index contributed by atoms with van der Waals surface area (Å²) in [5.74, 6) is -3.51. The van der Waals surface area contributed by atoms with E-state index < -0.39 is 28.5 Å². The van der Waals surface area contributed by atoms with Gasteiger partial charge in [-0.2, -0.15) is 0 Å². The first kappa shape index (κ1) is 14.6. The van der Waals surface area contributed by atoms with Crippen LogP contribution in [0.25, 0.3) is 0 Å². The number of ether oxygens (including phenoxy) is 2. The minimum atomic E-state index is -1.57. The summed E-state index contributed by atoms with van der Waals surface area (Å²) in [7, 11) is 2.14. The Morgan fingerprint density at radius 1 is 1.32 bits per heavy atom. The van der Waals surface area contributed by atoms with Crippen LogP contribution in [0.2, 0.25) is 0 Å². The smallest absolute Gasteiger partial charge is 0.326 e. The molecular formula is C11H12N2O6. The molecule has 1 aromatic heterocycles. The topological polar surface area (TPSA) is 109 Å². The summed E-state index contributed by atoms with van der Waals surface area (Å²) in [5, 5.41) is 11.0. The molecule has 0 radical (unpaired) electrons. The van der Waals surface area contributed by atoms with E-state index in [1.54, 1.807) is 6.92 Å². The van der Waals surface area contributed by atoms with Crippen LogP contribution in [0.5, 0.6) is 0 Å². The van der Waals surface area contributed by atoms with Gasteiger partial charge in [-0.25, -0.2) is 0 Å². The molecule has 0 amide bonds. The van der Waals surface area contributed by atoms with E-state index in [0.29, 0.717) is 5.56 Å². The largest absolute Gasteiger partial charge is 0.468 e. The fraction of sp³-hybridized carbons (Fsp3) is 0.364. The lowest BCUT2D eigenvalue weighted by Gasteiger charge is -2.12. The molecule has 0 unspecified atom stereocenters. The fourth-order valence-electron chi connectivity index (χ4n) is 1.49. The fourth-order valence-corrected chi connectivity index (χ4v) is 1.49. The second-order valence-corrected chi connectivity index (χ2v) is 3.65. The Labute approximate surface area is 108 Å². The number of pyridine rings is 1. The molecule has 0 N–H and O–H groups in total. The van der Waals surface area contributed by atoms with E-state index in [1.807, 2.05) is 0 Å². The third-order valence-corrected chi connectivity index (χ3v) is 2.38. The summed E-state index contributed by atoms with van der Waals surface area (Å²) in [4.78, 5) is 37.2. The number of hydrogen-bond donors (Lipinski definition) is 0. The van der Waals surface area contributed by atoms with Gasteiger partial charge in [0.1, 0.15) is 5.69 Å². The summed E-state index contributed by atoms with van der Waals surface area (Å²) >= 11 is 0. The Bertz CT molecular complexity index is 512. The predicted molar refractivity (Wildman–Crippen MR) is 62.4 cm³/mol. The van der Waals surface area contributed by atoms with Gasteiger partial charge in [-0.1, -0.05) is 0 Å². The Morgan fingerprint density at radius 3 is 2.26 bits per heavy atom. The van der Waals surface area contributed by atoms with Gasteiger partial charge in [0, 0.05) is 12.3 Å². The molecule has 0 aliphatic rings. The van der Waals surface area contributed by atoms with Crippen LogP contribution in [0.4, 0.5) is 5.69 Å². The molecule has 0 aliphatic heterocycles. The van der Waals surface area contributed by atoms with Crippen molar-refractivity contribution in [3.8, 4) is 0 Å². The van der Waals surface area contributed by atoms with Crippen molar-refractivity contribution in [1.29, 1.82) is 0 Å². The minimum Gasteiger partial charge on any atom is -0.468 e. The lowest BCUT2D eigenvalue weighted by Crippen LogP contribution is -2.26. The van der Waals surface area contributed by atoms with Crippen molar-refractivity contribution in [2.24, 2.45) is 0 Å². The molecule has 0 aliphatic carbocycles. The third-order valence-electron chi connectivity index (χ3n) is 2.38. The number of nitro groups is 1. The van der Waals surface area contributed by atoms with E-state index >= 15 is 0 Å². The van der Waals surface area contributed by atoms with Crippen molar-refractivity contribution in [1.82, 2.24) is 4.98 Å². The highest BCUT2D eigenvalue weighted by atomic mass is 16.6. The second-order valence-electron chi connectivity index (χ2n) is 3.65. The highest BCUT2D eigenvalue weighted by Gasteiger charge is 2.37. The monoisotopic (exact) mass is 268 g/mol. The van der Waals surface area contributed by atoms with Crippen LogP contribution in [0, 0.1) is 17.0 Å². The lowest BCUT2D eigenvalue weighted by atomic mass is 10.0. The highest BCUT2D eigenvalue weighted by Crippen LogP contribution is 2.27. The van der Waals surface area contributed by atoms with Crippen LogP contribution in [0.15, 0.2) is 12.3 Å². The van der Waals surface area contributed by atoms with Crippen molar-refractivity contribution >= 4 is 17.6 Å². The van der Waals surface area contributed by atoms with Gasteiger partial charge in [0.25, 0.3) is 5.69 Å². The van der Waals surface area contributed by atoms with Crippen LogP contribution < -0.4 is 0 Å². The van der Waals surface area contributed by atoms with Crippen molar-refractivity contribution in [3.63, 3.8) is 0 Å². The molecular weight excluding hydrogens is 256 g/mol. The molecule has 0 atom stereocenters. The zero-order valence-corrected chi connectivity index (χ0v) is 10.6. The number of aryl methyl sites for hydroxylation is 1. The van der Waals surface area contributed by atoms with Crippen LogP contribution in [-0.4, -0.2) is 36.1 Å². The van der Waals surface area contributed by atoms with E-state index in [9.17, 15) is 19.7 Å². The van der Waals surface area contributed by atoms with E-state index in [2.05, 4.69) is 14.5 Å². The van der Waals surface area contributed by atoms with E-state index in [4.69, 9.17) is 0 Å². The number of hydrogen-bond acceptors (Lipinski definition) is 7. The minimum absolute atomic E-state index is 0.297. The van der Waals surface area contributed by atoms with E-state index in [0.717, 1.165) is 14.2 Å². The maximum absolute atomic E-state index is 11.6.